The first-order valence-electron chi connectivity index (χ1n) is 6.62. The Bertz CT molecular complexity index is 479. The van der Waals surface area contributed by atoms with E-state index in [1.807, 2.05) is 74.5 Å². The molecule has 0 bridgehead atoms. The zero-order valence-electron chi connectivity index (χ0n) is 11.4. The highest BCUT2D eigenvalue weighted by Gasteiger charge is 2.24. The van der Waals surface area contributed by atoms with E-state index in [1.165, 1.54) is 0 Å². The average Bonchev–Trinajstić information content (AvgIpc) is 2.46. The molecule has 100 valence electrons. The molecule has 0 fully saturated rings. The van der Waals surface area contributed by atoms with Gasteiger partial charge in [-0.25, -0.2) is 0 Å². The molecule has 2 rings (SSSR count). The van der Waals surface area contributed by atoms with Crippen LogP contribution in [0.15, 0.2) is 60.7 Å². The number of rotatable bonds is 5. The highest BCUT2D eigenvalue weighted by molar-refractivity contribution is 5.25. The number of benzene rings is 2. The van der Waals surface area contributed by atoms with Crippen molar-refractivity contribution in [2.75, 3.05) is 0 Å². The van der Waals surface area contributed by atoms with E-state index in [9.17, 15) is 5.11 Å². The smallest absolute Gasteiger partial charge is 0.113 e. The molecule has 0 radical (unpaired) electrons. The Balaban J connectivity index is 2.28. The summed E-state index contributed by atoms with van der Waals surface area (Å²) >= 11 is 0. The number of hydrogen-bond donors (Lipinski definition) is 1. The minimum atomic E-state index is -0.661. The van der Waals surface area contributed by atoms with E-state index in [1.54, 1.807) is 0 Å². The lowest BCUT2D eigenvalue weighted by Gasteiger charge is -2.26. The van der Waals surface area contributed by atoms with Gasteiger partial charge in [-0.2, -0.15) is 0 Å². The van der Waals surface area contributed by atoms with Gasteiger partial charge in [-0.1, -0.05) is 60.7 Å². The highest BCUT2D eigenvalue weighted by atomic mass is 16.5. The van der Waals surface area contributed by atoms with Gasteiger partial charge in [0.1, 0.15) is 12.2 Å². The number of hydrogen-bond acceptors (Lipinski definition) is 2. The summed E-state index contributed by atoms with van der Waals surface area (Å²) in [4.78, 5) is 0. The van der Waals surface area contributed by atoms with E-state index in [0.29, 0.717) is 0 Å². The van der Waals surface area contributed by atoms with Gasteiger partial charge in [-0.3, -0.25) is 0 Å². The molecule has 1 N–H and O–H groups in total. The van der Waals surface area contributed by atoms with Gasteiger partial charge in [0.05, 0.1) is 6.10 Å². The topological polar surface area (TPSA) is 29.5 Å². The molecule has 0 heterocycles. The molecule has 0 aromatic heterocycles. The number of aliphatic hydroxyl groups is 1. The Morgan fingerprint density at radius 3 is 1.74 bits per heavy atom. The lowest BCUT2D eigenvalue weighted by molar-refractivity contribution is -0.0690. The van der Waals surface area contributed by atoms with Crippen LogP contribution in [-0.4, -0.2) is 11.2 Å². The summed E-state index contributed by atoms with van der Waals surface area (Å²) in [6.07, 6.45) is -0.946. The molecule has 2 aromatic carbocycles. The third-order valence-corrected chi connectivity index (χ3v) is 2.97. The maximum Gasteiger partial charge on any atom is 0.113 e. The Hall–Kier alpha value is -1.64. The lowest BCUT2D eigenvalue weighted by atomic mass is 9.98. The van der Waals surface area contributed by atoms with Gasteiger partial charge < -0.3 is 9.84 Å². The van der Waals surface area contributed by atoms with Crippen LogP contribution in [0, 0.1) is 0 Å². The van der Waals surface area contributed by atoms with Crippen LogP contribution in [0.5, 0.6) is 0 Å². The molecule has 0 spiro atoms. The Morgan fingerprint density at radius 2 is 1.26 bits per heavy atom. The molecule has 2 aromatic rings. The summed E-state index contributed by atoms with van der Waals surface area (Å²) in [7, 11) is 0. The van der Waals surface area contributed by atoms with Crippen molar-refractivity contribution in [3.8, 4) is 0 Å². The van der Waals surface area contributed by atoms with Crippen molar-refractivity contribution in [3.05, 3.63) is 71.8 Å². The van der Waals surface area contributed by atoms with Crippen molar-refractivity contribution in [2.45, 2.75) is 32.2 Å². The maximum absolute atomic E-state index is 10.6. The first kappa shape index (κ1) is 13.8. The summed E-state index contributed by atoms with van der Waals surface area (Å²) in [5, 5.41) is 10.6. The van der Waals surface area contributed by atoms with E-state index in [2.05, 4.69) is 0 Å². The molecule has 2 nitrogen and oxygen atoms in total. The summed E-state index contributed by atoms with van der Waals surface area (Å²) in [5.74, 6) is 0. The molecule has 2 heteroatoms. The van der Waals surface area contributed by atoms with Crippen molar-refractivity contribution in [2.24, 2.45) is 0 Å². The van der Waals surface area contributed by atoms with Crippen molar-refractivity contribution in [1.82, 2.24) is 0 Å². The fraction of sp³-hybridized carbons (Fsp3) is 0.294. The van der Waals surface area contributed by atoms with Crippen LogP contribution in [0.3, 0.4) is 0 Å². The van der Waals surface area contributed by atoms with Crippen molar-refractivity contribution in [3.63, 3.8) is 0 Å². The van der Waals surface area contributed by atoms with E-state index < -0.39 is 6.10 Å². The summed E-state index contributed by atoms with van der Waals surface area (Å²) in [6, 6.07) is 19.5. The predicted octanol–water partition coefficient (Wildman–Crippen LogP) is 3.89. The third kappa shape index (κ3) is 3.66. The Kier molecular flexibility index (Phi) is 4.72. The molecule has 0 unspecified atom stereocenters. The Morgan fingerprint density at radius 1 is 0.789 bits per heavy atom. The van der Waals surface area contributed by atoms with Crippen molar-refractivity contribution < 1.29 is 9.84 Å². The molecule has 19 heavy (non-hydrogen) atoms. The zero-order chi connectivity index (χ0) is 13.7. The van der Waals surface area contributed by atoms with Crippen LogP contribution in [0.4, 0.5) is 0 Å². The first-order valence-corrected chi connectivity index (χ1v) is 6.62. The second-order valence-corrected chi connectivity index (χ2v) is 4.87. The van der Waals surface area contributed by atoms with Crippen LogP contribution in [0.2, 0.25) is 0 Å². The number of ether oxygens (including phenoxy) is 1. The monoisotopic (exact) mass is 256 g/mol. The molecular formula is C17H20O2. The van der Waals surface area contributed by atoms with Gasteiger partial charge in [0.25, 0.3) is 0 Å². The zero-order valence-corrected chi connectivity index (χ0v) is 11.4. The molecule has 0 saturated carbocycles. The first-order chi connectivity index (χ1) is 9.18. The second-order valence-electron chi connectivity index (χ2n) is 4.87. The van der Waals surface area contributed by atoms with Gasteiger partial charge in [-0.15, -0.1) is 0 Å². The van der Waals surface area contributed by atoms with E-state index in [0.717, 1.165) is 11.1 Å². The van der Waals surface area contributed by atoms with E-state index in [4.69, 9.17) is 4.74 Å². The molecule has 2 atom stereocenters. The minimum absolute atomic E-state index is 0.0589. The second kappa shape index (κ2) is 6.50. The van der Waals surface area contributed by atoms with Crippen molar-refractivity contribution in [1.29, 1.82) is 0 Å². The van der Waals surface area contributed by atoms with E-state index in [-0.39, 0.29) is 12.2 Å². The molecule has 0 aliphatic rings. The van der Waals surface area contributed by atoms with Gasteiger partial charge in [-0.05, 0) is 25.0 Å². The average molecular weight is 256 g/mol. The molecule has 0 aliphatic heterocycles. The maximum atomic E-state index is 10.6. The molecule has 0 saturated heterocycles. The summed E-state index contributed by atoms with van der Waals surface area (Å²) in [6.45, 7) is 3.96. The predicted molar refractivity (Wildman–Crippen MR) is 76.8 cm³/mol. The van der Waals surface area contributed by atoms with Gasteiger partial charge >= 0.3 is 0 Å². The van der Waals surface area contributed by atoms with Gasteiger partial charge in [0.15, 0.2) is 0 Å². The van der Waals surface area contributed by atoms with Gasteiger partial charge in [0, 0.05) is 0 Å². The highest BCUT2D eigenvalue weighted by Crippen LogP contribution is 2.32. The fourth-order valence-corrected chi connectivity index (χ4v) is 2.10. The fourth-order valence-electron chi connectivity index (χ4n) is 2.10. The standard InChI is InChI=1S/C17H20O2/c1-13(2)19-17(15-11-7-4-8-12-15)16(18)14-9-5-3-6-10-14/h3-13,16-18H,1-2H3/t16-,17-/m0/s1. The van der Waals surface area contributed by atoms with Crippen molar-refractivity contribution >= 4 is 0 Å². The minimum Gasteiger partial charge on any atom is -0.385 e. The lowest BCUT2D eigenvalue weighted by Crippen LogP contribution is -2.18. The van der Waals surface area contributed by atoms with Crippen LogP contribution < -0.4 is 0 Å². The van der Waals surface area contributed by atoms with Gasteiger partial charge in [0.2, 0.25) is 0 Å². The van der Waals surface area contributed by atoms with Crippen LogP contribution in [0.1, 0.15) is 37.2 Å². The molecular weight excluding hydrogens is 236 g/mol. The van der Waals surface area contributed by atoms with Crippen LogP contribution >= 0.6 is 0 Å². The summed E-state index contributed by atoms with van der Waals surface area (Å²) in [5.41, 5.74) is 1.87. The van der Waals surface area contributed by atoms with E-state index >= 15 is 0 Å². The SMILES string of the molecule is CC(C)O[C@@H](c1ccccc1)[C@@H](O)c1ccccc1. The third-order valence-electron chi connectivity index (χ3n) is 2.97. The van der Waals surface area contributed by atoms with Crippen LogP contribution in [-0.2, 0) is 4.74 Å². The Labute approximate surface area is 114 Å². The molecule has 0 aliphatic carbocycles. The normalized spacial score (nSPS) is 14.3. The summed E-state index contributed by atoms with van der Waals surface area (Å²) < 4.78 is 5.90. The van der Waals surface area contributed by atoms with Crippen LogP contribution in [0.25, 0.3) is 0 Å². The largest absolute Gasteiger partial charge is 0.385 e. The number of aliphatic hydroxyl groups excluding tert-OH is 1. The molecule has 0 amide bonds. The quantitative estimate of drug-likeness (QED) is 0.879.